The molecule has 1 aliphatic heterocycles. The van der Waals surface area contributed by atoms with Crippen molar-refractivity contribution >= 4 is 31.5 Å². The highest BCUT2D eigenvalue weighted by atomic mass is 28.4. The third-order valence-corrected chi connectivity index (χ3v) is 10.9. The standard InChI is InChI=1S/C24H36N4O3Si/c1-24(2,3)32(4,5)31-20-6-7-21(25)22(16-20)27-23(29)30-17-18-10-14-28(15-11-18)19-8-12-26-13-9-19/h6-9,12-13,16,18H,10-11,14-15,17,25H2,1-5H3,(H,27,29). The molecule has 1 aromatic carbocycles. The number of carbonyl (C=O) groups excluding carboxylic acids is 1. The summed E-state index contributed by atoms with van der Waals surface area (Å²) < 4.78 is 11.8. The van der Waals surface area contributed by atoms with Crippen molar-refractivity contribution in [2.75, 3.05) is 35.6 Å². The van der Waals surface area contributed by atoms with Crippen LogP contribution in [-0.4, -0.2) is 39.1 Å². The molecular weight excluding hydrogens is 420 g/mol. The number of amides is 1. The van der Waals surface area contributed by atoms with E-state index in [1.807, 2.05) is 30.6 Å². The number of rotatable bonds is 6. The van der Waals surface area contributed by atoms with E-state index in [-0.39, 0.29) is 5.04 Å². The zero-order valence-electron chi connectivity index (χ0n) is 19.9. The van der Waals surface area contributed by atoms with E-state index in [9.17, 15) is 4.79 Å². The van der Waals surface area contributed by atoms with Gasteiger partial charge in [-0.2, -0.15) is 0 Å². The molecular formula is C24H36N4O3Si. The molecule has 3 N–H and O–H groups in total. The Morgan fingerprint density at radius 3 is 2.47 bits per heavy atom. The summed E-state index contributed by atoms with van der Waals surface area (Å²) in [5, 5.41) is 2.86. The third-order valence-electron chi connectivity index (χ3n) is 6.53. The van der Waals surface area contributed by atoms with E-state index in [0.29, 0.717) is 29.6 Å². The molecule has 32 heavy (non-hydrogen) atoms. The van der Waals surface area contributed by atoms with Crippen molar-refractivity contribution in [3.05, 3.63) is 42.7 Å². The maximum atomic E-state index is 12.4. The van der Waals surface area contributed by atoms with Gasteiger partial charge >= 0.3 is 6.09 Å². The Labute approximate surface area is 192 Å². The Kier molecular flexibility index (Phi) is 7.33. The van der Waals surface area contributed by atoms with Crippen LogP contribution >= 0.6 is 0 Å². The summed E-state index contributed by atoms with van der Waals surface area (Å²) in [6.45, 7) is 13.2. The van der Waals surface area contributed by atoms with Crippen LogP contribution in [0.2, 0.25) is 18.1 Å². The van der Waals surface area contributed by atoms with Gasteiger partial charge in [0.05, 0.1) is 18.0 Å². The average Bonchev–Trinajstić information content (AvgIpc) is 2.75. The number of carbonyl (C=O) groups is 1. The zero-order valence-corrected chi connectivity index (χ0v) is 20.9. The first-order valence-corrected chi connectivity index (χ1v) is 14.1. The minimum absolute atomic E-state index is 0.0773. The van der Waals surface area contributed by atoms with E-state index < -0.39 is 14.4 Å². The van der Waals surface area contributed by atoms with Crippen molar-refractivity contribution in [1.29, 1.82) is 0 Å². The number of piperidine rings is 1. The van der Waals surface area contributed by atoms with Crippen molar-refractivity contribution in [2.45, 2.75) is 51.7 Å². The van der Waals surface area contributed by atoms with E-state index >= 15 is 0 Å². The predicted molar refractivity (Wildman–Crippen MR) is 133 cm³/mol. The average molecular weight is 457 g/mol. The molecule has 8 heteroatoms. The summed E-state index contributed by atoms with van der Waals surface area (Å²) in [6, 6.07) is 9.44. The highest BCUT2D eigenvalue weighted by molar-refractivity contribution is 6.74. The molecule has 1 aromatic heterocycles. The molecule has 0 spiro atoms. The van der Waals surface area contributed by atoms with Crippen LogP contribution in [-0.2, 0) is 4.74 Å². The van der Waals surface area contributed by atoms with E-state index in [1.165, 1.54) is 5.69 Å². The summed E-state index contributed by atoms with van der Waals surface area (Å²) in [7, 11) is -1.99. The van der Waals surface area contributed by atoms with Crippen LogP contribution in [0, 0.1) is 5.92 Å². The van der Waals surface area contributed by atoms with Gasteiger partial charge in [-0.1, -0.05) is 20.8 Å². The summed E-state index contributed by atoms with van der Waals surface area (Å²) in [5.41, 5.74) is 8.25. The van der Waals surface area contributed by atoms with Crippen LogP contribution in [0.4, 0.5) is 21.9 Å². The summed E-state index contributed by atoms with van der Waals surface area (Å²) >= 11 is 0. The number of hydrogen-bond donors (Lipinski definition) is 2. The first kappa shape index (κ1) is 23.9. The maximum Gasteiger partial charge on any atom is 0.411 e. The molecule has 0 radical (unpaired) electrons. The first-order valence-electron chi connectivity index (χ1n) is 11.2. The summed E-state index contributed by atoms with van der Waals surface area (Å²) in [4.78, 5) is 18.8. The lowest BCUT2D eigenvalue weighted by Gasteiger charge is -2.36. The summed E-state index contributed by atoms with van der Waals surface area (Å²) in [6.07, 6.45) is 5.10. The fourth-order valence-electron chi connectivity index (χ4n) is 3.41. The van der Waals surface area contributed by atoms with E-state index in [0.717, 1.165) is 25.9 Å². The van der Waals surface area contributed by atoms with Crippen molar-refractivity contribution in [1.82, 2.24) is 4.98 Å². The number of aromatic nitrogens is 1. The SMILES string of the molecule is CC(C)(C)[Si](C)(C)Oc1ccc(N)c(NC(=O)OCC2CCN(c3ccncc3)CC2)c1. The molecule has 174 valence electrons. The van der Waals surface area contributed by atoms with E-state index in [2.05, 4.69) is 49.1 Å². The van der Waals surface area contributed by atoms with Crippen LogP contribution in [0.1, 0.15) is 33.6 Å². The second kappa shape index (κ2) is 9.81. The number of benzene rings is 1. The van der Waals surface area contributed by atoms with Crippen molar-refractivity contribution in [3.63, 3.8) is 0 Å². The van der Waals surface area contributed by atoms with Gasteiger partial charge in [0, 0.05) is 37.2 Å². The molecule has 1 saturated heterocycles. The van der Waals surface area contributed by atoms with Gasteiger partial charge in [0.15, 0.2) is 0 Å². The molecule has 3 rings (SSSR count). The quantitative estimate of drug-likeness (QED) is 0.440. The molecule has 0 bridgehead atoms. The van der Waals surface area contributed by atoms with Gasteiger partial charge in [0.2, 0.25) is 8.32 Å². The van der Waals surface area contributed by atoms with Gasteiger partial charge in [0.1, 0.15) is 5.75 Å². The molecule has 1 amide bonds. The molecule has 1 aliphatic rings. The zero-order chi connectivity index (χ0) is 23.4. The summed E-state index contributed by atoms with van der Waals surface area (Å²) in [5.74, 6) is 1.06. The Morgan fingerprint density at radius 2 is 1.84 bits per heavy atom. The van der Waals surface area contributed by atoms with Gasteiger partial charge in [0.25, 0.3) is 0 Å². The molecule has 0 aliphatic carbocycles. The highest BCUT2D eigenvalue weighted by Gasteiger charge is 2.39. The molecule has 0 saturated carbocycles. The number of hydrogen-bond acceptors (Lipinski definition) is 6. The van der Waals surface area contributed by atoms with Crippen LogP contribution in [0.25, 0.3) is 0 Å². The molecule has 2 heterocycles. The van der Waals surface area contributed by atoms with Crippen molar-refractivity contribution in [2.24, 2.45) is 5.92 Å². The first-order chi connectivity index (χ1) is 15.0. The molecule has 0 unspecified atom stereocenters. The molecule has 2 aromatic rings. The molecule has 1 fully saturated rings. The minimum Gasteiger partial charge on any atom is -0.543 e. The van der Waals surface area contributed by atoms with Crippen LogP contribution in [0.3, 0.4) is 0 Å². The fraction of sp³-hybridized carbons (Fsp3) is 0.500. The fourth-order valence-corrected chi connectivity index (χ4v) is 4.43. The molecule has 0 atom stereocenters. The van der Waals surface area contributed by atoms with Crippen LogP contribution in [0.5, 0.6) is 5.75 Å². The Hall–Kier alpha value is -2.74. The van der Waals surface area contributed by atoms with Crippen molar-refractivity contribution in [3.8, 4) is 5.75 Å². The lowest BCUT2D eigenvalue weighted by Crippen LogP contribution is -2.43. The van der Waals surface area contributed by atoms with Gasteiger partial charge in [-0.15, -0.1) is 0 Å². The topological polar surface area (TPSA) is 89.7 Å². The van der Waals surface area contributed by atoms with Gasteiger partial charge < -0.3 is 19.8 Å². The highest BCUT2D eigenvalue weighted by Crippen LogP contribution is 2.38. The van der Waals surface area contributed by atoms with Gasteiger partial charge in [-0.3, -0.25) is 10.3 Å². The second-order valence-electron chi connectivity index (χ2n) is 9.97. The third kappa shape index (κ3) is 6.15. The number of ether oxygens (including phenoxy) is 1. The molecule has 7 nitrogen and oxygen atoms in total. The monoisotopic (exact) mass is 456 g/mol. The number of anilines is 3. The number of nitrogens with zero attached hydrogens (tertiary/aromatic N) is 2. The van der Waals surface area contributed by atoms with Gasteiger partial charge in [-0.05, 0) is 61.2 Å². The van der Waals surface area contributed by atoms with E-state index in [4.69, 9.17) is 14.9 Å². The van der Waals surface area contributed by atoms with Crippen LogP contribution < -0.4 is 20.4 Å². The Balaban J connectivity index is 1.50. The lowest BCUT2D eigenvalue weighted by molar-refractivity contribution is 0.133. The van der Waals surface area contributed by atoms with E-state index in [1.54, 1.807) is 12.1 Å². The lowest BCUT2D eigenvalue weighted by atomic mass is 9.97. The number of pyridine rings is 1. The Bertz CT molecular complexity index is 907. The minimum atomic E-state index is -1.99. The maximum absolute atomic E-state index is 12.4. The van der Waals surface area contributed by atoms with Crippen molar-refractivity contribution < 1.29 is 14.0 Å². The number of nitrogens with one attached hydrogen (secondary N) is 1. The normalized spacial score (nSPS) is 15.3. The predicted octanol–water partition coefficient (Wildman–Crippen LogP) is 5.51. The largest absolute Gasteiger partial charge is 0.543 e. The van der Waals surface area contributed by atoms with Gasteiger partial charge in [-0.25, -0.2) is 4.79 Å². The number of nitrogens with two attached hydrogens (primary N) is 1. The van der Waals surface area contributed by atoms with Crippen LogP contribution in [0.15, 0.2) is 42.7 Å². The second-order valence-corrected chi connectivity index (χ2v) is 14.7. The Morgan fingerprint density at radius 1 is 1.19 bits per heavy atom. The number of nitrogen functional groups attached to an aromatic ring is 1. The smallest absolute Gasteiger partial charge is 0.411 e.